The molecule has 0 saturated carbocycles. The molecular weight excluding hydrogens is 1770 g/mol. The number of likely N-dealkylation sites (tertiary alicyclic amines) is 1. The Balaban J connectivity index is 0.0000180. The van der Waals surface area contributed by atoms with E-state index in [0.717, 1.165) is 13.8 Å². The molecular formula is C73H108FN23O17ReS3-2. The summed E-state index contributed by atoms with van der Waals surface area (Å²) in [6, 6.07) is -2.13. The minimum absolute atomic E-state index is 0. The number of imidazole rings is 1. The topological polar surface area (TPSA) is 647 Å². The minimum atomic E-state index is -1.77. The van der Waals surface area contributed by atoms with Crippen LogP contribution in [-0.2, 0) is 117 Å². The Kier molecular flexibility index (Phi) is 45.0. The fourth-order valence-electron chi connectivity index (χ4n) is 12.4. The molecule has 1 unspecified atom stereocenters. The van der Waals surface area contributed by atoms with Crippen molar-refractivity contribution in [3.05, 3.63) is 90.1 Å². The van der Waals surface area contributed by atoms with Crippen LogP contribution in [0, 0.1) is 16.7 Å². The number of primary amides is 1. The zero-order valence-electron chi connectivity index (χ0n) is 65.6. The molecule has 45 heteroatoms. The van der Waals surface area contributed by atoms with E-state index in [-0.39, 0.29) is 139 Å². The van der Waals surface area contributed by atoms with Crippen LogP contribution in [0.2, 0.25) is 0 Å². The second kappa shape index (κ2) is 52.2. The number of aliphatic carboxylic acids is 1. The molecule has 3 heterocycles. The van der Waals surface area contributed by atoms with E-state index < -0.39 is 198 Å². The molecule has 1 aliphatic heterocycles. The number of halogens is 1. The Hall–Kier alpha value is -10.6. The van der Waals surface area contributed by atoms with Gasteiger partial charge in [0.2, 0.25) is 76.8 Å². The van der Waals surface area contributed by atoms with Gasteiger partial charge in [-0.2, -0.15) is 37.9 Å². The molecule has 1 aliphatic rings. The van der Waals surface area contributed by atoms with Crippen molar-refractivity contribution in [2.75, 3.05) is 43.4 Å². The third kappa shape index (κ3) is 34.1. The Morgan fingerprint density at radius 1 is 0.542 bits per heavy atom. The molecule has 651 valence electrons. The average Bonchev–Trinajstić information content (AvgIpc) is 1.65. The van der Waals surface area contributed by atoms with Crippen molar-refractivity contribution in [2.24, 2.45) is 23.1 Å². The van der Waals surface area contributed by atoms with Crippen LogP contribution in [0.15, 0.2) is 73.3 Å². The van der Waals surface area contributed by atoms with Crippen molar-refractivity contribution in [1.82, 2.24) is 94.3 Å². The summed E-state index contributed by atoms with van der Waals surface area (Å²) in [4.78, 5) is 219. The average molecular weight is 1880 g/mol. The van der Waals surface area contributed by atoms with E-state index in [1.807, 2.05) is 0 Å². The number of para-hydroxylation sites is 1. The second-order valence-corrected chi connectivity index (χ2v) is 29.1. The molecule has 2 aromatic heterocycles. The van der Waals surface area contributed by atoms with Gasteiger partial charge in [-0.25, -0.2) is 9.37 Å². The number of nitrogens with zero attached hydrogens (tertiary/aromatic N) is 2. The number of carboxylic acids is 1. The summed E-state index contributed by atoms with van der Waals surface area (Å²) in [6.45, 7) is 5.84. The van der Waals surface area contributed by atoms with Gasteiger partial charge in [-0.15, -0.1) is 0 Å². The minimum Gasteiger partial charge on any atom is -2.00 e. The number of carboxylic acid groups (broad SMARTS) is 1. The molecule has 13 atom stereocenters. The number of amides is 14. The quantitative estimate of drug-likeness (QED) is 0.00870. The number of hydrogen-bond donors (Lipinski definition) is 25. The van der Waals surface area contributed by atoms with Gasteiger partial charge < -0.3 is 117 Å². The van der Waals surface area contributed by atoms with Gasteiger partial charge in [0.15, 0.2) is 18.1 Å². The van der Waals surface area contributed by atoms with Crippen molar-refractivity contribution in [3.8, 4) is 0 Å². The number of rotatable bonds is 50. The Bertz CT molecular complexity index is 4060. The first-order valence-electron chi connectivity index (χ1n) is 37.7. The maximum absolute atomic E-state index is 15.2. The maximum Gasteiger partial charge on any atom is 0.303 e. The van der Waals surface area contributed by atoms with Gasteiger partial charge in [0.1, 0.15) is 72.5 Å². The smallest absolute Gasteiger partial charge is 0.303 e. The molecule has 4 aromatic rings. The van der Waals surface area contributed by atoms with E-state index in [4.69, 9.17) is 28.0 Å². The van der Waals surface area contributed by atoms with Crippen molar-refractivity contribution in [3.63, 3.8) is 0 Å². The molecule has 14 amide bonds. The van der Waals surface area contributed by atoms with Crippen LogP contribution in [0.4, 0.5) is 4.39 Å². The summed E-state index contributed by atoms with van der Waals surface area (Å²) >= 11 is 12.9. The largest absolute Gasteiger partial charge is 2.00 e. The number of aromatic nitrogens is 3. The molecule has 5 rings (SSSR count). The summed E-state index contributed by atoms with van der Waals surface area (Å²) < 4.78 is 13.3. The Morgan fingerprint density at radius 3 is 1.47 bits per heavy atom. The predicted octanol–water partition coefficient (Wildman–Crippen LogP) is -3.89. The maximum atomic E-state index is 15.2. The molecule has 0 aliphatic carbocycles. The summed E-state index contributed by atoms with van der Waals surface area (Å²) in [5, 5.41) is 62.1. The third-order valence-corrected chi connectivity index (χ3v) is 19.7. The standard InChI is InChI=1S/C73H108FN23O16S3.O.Re/c1-38(2)58(59(75)101)96-70(112)56-22-14-28-97(56)71(113)49(21-13-27-83-73(78)79)89-68(110)54(35-115)94-65(107)51(30-42-32-84-45-18-9-8-17-44(42)45)91-62(104)47(20-12-26-82-72(76)77)87-64(106)50(29-41-15-6-5-7-16-41)90-66(108)52(31-43-33-80-37-85-43)92-63(105)48(23-24-57(99)100)88-67(109)53(34-114)95-69(111)55(36-116)93-61(103)46(86-40(4)98)19-10-11-25-81-60(102)39(3)74;;/h5-9,15-18,32-33,37-39,46-56,58,84,114-116H,10-14,19-31,34-36H2,1-4H3,(H2,75,101)(H,80,85)(H,81,102)(H,86,98)(H,87,106)(H,88,109)(H,89,110)(H,90,108)(H,91,104)(H,92,105)(H,93,103)(H,94,107)(H,95,111)(H,96,112)(H,99,100)(H4,76,77,82)(H4,78,79,83);;/q;-2;/t39?,46-,47-,48-,49-,50+,51-,52-,53-,54-,55-,56-,58-;;/m0../s1. The molecule has 1 radical (unpaired) electrons. The number of carbonyl (C=O) groups is 15. The molecule has 2 aromatic carbocycles. The predicted molar refractivity (Wildman–Crippen MR) is 435 cm³/mol. The number of benzene rings is 2. The van der Waals surface area contributed by atoms with E-state index in [0.29, 0.717) is 34.9 Å². The number of nitrogens with one attached hydrogen (secondary N) is 18. The first-order chi connectivity index (χ1) is 55.1. The first kappa shape index (κ1) is 102. The van der Waals surface area contributed by atoms with E-state index in [1.54, 1.807) is 74.6 Å². The van der Waals surface area contributed by atoms with Gasteiger partial charge in [-0.3, -0.25) is 82.7 Å². The number of thiol groups is 3. The summed E-state index contributed by atoms with van der Waals surface area (Å²) in [5.41, 5.74) is 18.6. The van der Waals surface area contributed by atoms with Crippen molar-refractivity contribution in [2.45, 2.75) is 196 Å². The fourth-order valence-corrected chi connectivity index (χ4v) is 13.2. The number of carbonyl (C=O) groups excluding carboxylic acids is 14. The zero-order chi connectivity index (χ0) is 85.7. The van der Waals surface area contributed by atoms with E-state index in [9.17, 15) is 62.2 Å². The van der Waals surface area contributed by atoms with Crippen LogP contribution in [0.5, 0.6) is 0 Å². The van der Waals surface area contributed by atoms with E-state index >= 15 is 19.2 Å². The third-order valence-electron chi connectivity index (χ3n) is 18.6. The van der Waals surface area contributed by atoms with Gasteiger partial charge in [0, 0.05) is 125 Å². The van der Waals surface area contributed by atoms with Gasteiger partial charge >= 0.3 is 5.97 Å². The van der Waals surface area contributed by atoms with Crippen molar-refractivity contribution >= 4 is 149 Å². The SMILES string of the molecule is CC(=O)N[C@@H](CCCCNC(=O)C(C)F)C(=O)N[C@@H](CS)C(=O)N[C@@H](CS)C(=O)N[C@@H](CCC(=O)O)C(=O)N[C@@H](Cc1cnc[nH]1)C(=O)N[C@H](Cc1ccccc1)C(=O)N[C@@H](CCCNC(=N)N)C(=O)N[C@@H](Cc1c[nH]c2ccccc12)C(=O)N[C@@H](CS)C(=O)N[C@@H](CCCNC(=N)N)C(=O)N1CCC[C@H]1C(=O)N[C@H](C(N)=O)C(C)C.[O-2].[Re]. The normalized spacial score (nSPS) is 15.3. The van der Waals surface area contributed by atoms with Crippen molar-refractivity contribution in [1.29, 1.82) is 10.8 Å². The molecule has 118 heavy (non-hydrogen) atoms. The number of nitrogens with two attached hydrogens (primary N) is 3. The number of guanidine groups is 2. The Morgan fingerprint density at radius 2 is 0.983 bits per heavy atom. The Labute approximate surface area is 710 Å². The number of alkyl halides is 1. The summed E-state index contributed by atoms with van der Waals surface area (Å²) in [6.07, 6.45) is 1.27. The number of fused-ring (bicyclic) bond motifs is 1. The molecule has 25 N–H and O–H groups in total. The van der Waals surface area contributed by atoms with E-state index in [1.165, 1.54) is 17.4 Å². The molecule has 0 bridgehead atoms. The van der Waals surface area contributed by atoms with E-state index in [2.05, 4.69) is 127 Å². The van der Waals surface area contributed by atoms with Gasteiger partial charge in [0.25, 0.3) is 5.91 Å². The van der Waals surface area contributed by atoms with Gasteiger partial charge in [-0.05, 0) is 94.2 Å². The van der Waals surface area contributed by atoms with Crippen LogP contribution in [0.3, 0.4) is 0 Å². The van der Waals surface area contributed by atoms with Crippen molar-refractivity contribution < 1.29 is 107 Å². The number of hydrogen-bond acceptors (Lipinski definition) is 21. The van der Waals surface area contributed by atoms with Crippen LogP contribution in [-0.4, -0.2) is 248 Å². The number of aromatic amines is 2. The van der Waals surface area contributed by atoms with Gasteiger partial charge in [0.05, 0.1) is 6.33 Å². The number of unbranched alkanes of at least 4 members (excludes halogenated alkanes) is 1. The fraction of sp³-hybridized carbons (Fsp3) is 0.534. The van der Waals surface area contributed by atoms with Crippen LogP contribution < -0.4 is 91.6 Å². The molecule has 1 saturated heterocycles. The summed E-state index contributed by atoms with van der Waals surface area (Å²) in [5.74, 6) is -16.2. The number of H-pyrrole nitrogens is 2. The molecule has 1 fully saturated rings. The first-order valence-corrected chi connectivity index (χ1v) is 39.6. The van der Waals surface area contributed by atoms with Crippen LogP contribution in [0.25, 0.3) is 10.9 Å². The molecule has 40 nitrogen and oxygen atoms in total. The molecule has 0 spiro atoms. The monoisotopic (exact) mass is 1880 g/mol. The van der Waals surface area contributed by atoms with Gasteiger partial charge in [-0.1, -0.05) is 62.4 Å². The second-order valence-electron chi connectivity index (χ2n) is 28.0. The zero-order valence-corrected chi connectivity index (χ0v) is 71.0. The van der Waals surface area contributed by atoms with Crippen LogP contribution in [0.1, 0.15) is 115 Å². The van der Waals surface area contributed by atoms with Crippen LogP contribution >= 0.6 is 37.9 Å². The summed E-state index contributed by atoms with van der Waals surface area (Å²) in [7, 11) is 0.